The summed E-state index contributed by atoms with van der Waals surface area (Å²) in [4.78, 5) is 25.8. The van der Waals surface area contributed by atoms with Crippen molar-refractivity contribution < 1.29 is 14.3 Å². The van der Waals surface area contributed by atoms with Gasteiger partial charge in [0.05, 0.1) is 26.1 Å². The lowest BCUT2D eigenvalue weighted by molar-refractivity contribution is -0.141. The molecule has 0 bridgehead atoms. The molecule has 0 aliphatic carbocycles. The number of esters is 1. The third kappa shape index (κ3) is 7.69. The van der Waals surface area contributed by atoms with Gasteiger partial charge in [-0.2, -0.15) is 0 Å². The summed E-state index contributed by atoms with van der Waals surface area (Å²) in [6.07, 6.45) is 0.295. The minimum atomic E-state index is -0.252. The van der Waals surface area contributed by atoms with Crippen molar-refractivity contribution in [1.82, 2.24) is 10.2 Å². The molecule has 1 atom stereocenters. The van der Waals surface area contributed by atoms with E-state index in [9.17, 15) is 9.59 Å². The number of amides is 1. The van der Waals surface area contributed by atoms with E-state index in [1.165, 1.54) is 18.2 Å². The van der Waals surface area contributed by atoms with Crippen LogP contribution in [0, 0.1) is 19.8 Å². The van der Waals surface area contributed by atoms with Crippen molar-refractivity contribution >= 4 is 11.9 Å². The number of methoxy groups -OCH3 is 1. The maximum absolute atomic E-state index is 12.4. The first kappa shape index (κ1) is 21.2. The summed E-state index contributed by atoms with van der Waals surface area (Å²) >= 11 is 0. The van der Waals surface area contributed by atoms with Crippen LogP contribution < -0.4 is 5.32 Å². The molecule has 0 aromatic heterocycles. The summed E-state index contributed by atoms with van der Waals surface area (Å²) in [5, 5.41) is 3.05. The minimum Gasteiger partial charge on any atom is -0.469 e. The Kier molecular flexibility index (Phi) is 8.62. The Morgan fingerprint density at radius 1 is 1.16 bits per heavy atom. The van der Waals surface area contributed by atoms with Crippen molar-refractivity contribution in [2.75, 3.05) is 26.7 Å². The molecule has 1 N–H and O–H groups in total. The summed E-state index contributed by atoms with van der Waals surface area (Å²) in [5.41, 5.74) is 3.56. The van der Waals surface area contributed by atoms with Crippen molar-refractivity contribution in [2.45, 2.75) is 47.1 Å². The number of rotatable bonds is 9. The highest BCUT2D eigenvalue weighted by molar-refractivity contribution is 5.78. The SMILES string of the molecule is COC(=O)CCN(CC(=O)NC(C)c1ccc(C)c(C)c1)CC(C)C. The van der Waals surface area contributed by atoms with Gasteiger partial charge in [-0.3, -0.25) is 14.5 Å². The minimum absolute atomic E-state index is 0.0313. The lowest BCUT2D eigenvalue weighted by Crippen LogP contribution is -2.40. The number of hydrogen-bond acceptors (Lipinski definition) is 4. The molecule has 0 aliphatic heterocycles. The van der Waals surface area contributed by atoms with E-state index in [0.717, 1.165) is 12.1 Å². The van der Waals surface area contributed by atoms with Gasteiger partial charge in [0.15, 0.2) is 0 Å². The van der Waals surface area contributed by atoms with Crippen LogP contribution in [0.5, 0.6) is 0 Å². The number of carbonyl (C=O) groups excluding carboxylic acids is 2. The van der Waals surface area contributed by atoms with Crippen LogP contribution in [0.2, 0.25) is 0 Å². The molecule has 1 aromatic rings. The zero-order valence-corrected chi connectivity index (χ0v) is 16.4. The van der Waals surface area contributed by atoms with Crippen molar-refractivity contribution in [3.8, 4) is 0 Å². The van der Waals surface area contributed by atoms with Gasteiger partial charge in [-0.1, -0.05) is 32.0 Å². The van der Waals surface area contributed by atoms with Crippen LogP contribution >= 0.6 is 0 Å². The zero-order valence-electron chi connectivity index (χ0n) is 16.4. The lowest BCUT2D eigenvalue weighted by Gasteiger charge is -2.24. The highest BCUT2D eigenvalue weighted by atomic mass is 16.5. The summed E-state index contributed by atoms with van der Waals surface area (Å²) in [5.74, 6) is 0.136. The van der Waals surface area contributed by atoms with Crippen molar-refractivity contribution in [1.29, 1.82) is 0 Å². The van der Waals surface area contributed by atoms with Crippen LogP contribution in [-0.2, 0) is 14.3 Å². The summed E-state index contributed by atoms with van der Waals surface area (Å²) in [6, 6.07) is 6.20. The van der Waals surface area contributed by atoms with E-state index in [1.54, 1.807) is 0 Å². The Hall–Kier alpha value is -1.88. The normalized spacial score (nSPS) is 12.3. The molecule has 0 saturated heterocycles. The third-order valence-electron chi connectivity index (χ3n) is 4.26. The molecule has 25 heavy (non-hydrogen) atoms. The van der Waals surface area contributed by atoms with Crippen LogP contribution in [-0.4, -0.2) is 43.5 Å². The maximum atomic E-state index is 12.4. The monoisotopic (exact) mass is 348 g/mol. The predicted molar refractivity (Wildman–Crippen MR) is 100 cm³/mol. The third-order valence-corrected chi connectivity index (χ3v) is 4.26. The Bertz CT molecular complexity index is 584. The fourth-order valence-electron chi connectivity index (χ4n) is 2.71. The van der Waals surface area contributed by atoms with Gasteiger partial charge in [0.2, 0.25) is 5.91 Å². The average molecular weight is 348 g/mol. The maximum Gasteiger partial charge on any atom is 0.306 e. The highest BCUT2D eigenvalue weighted by Gasteiger charge is 2.16. The Balaban J connectivity index is 2.62. The van der Waals surface area contributed by atoms with Crippen molar-refractivity contribution in [2.24, 2.45) is 5.92 Å². The first-order valence-electron chi connectivity index (χ1n) is 8.88. The average Bonchev–Trinajstić information content (AvgIpc) is 2.54. The molecule has 0 saturated carbocycles. The van der Waals surface area contributed by atoms with Gasteiger partial charge < -0.3 is 10.1 Å². The van der Waals surface area contributed by atoms with Crippen molar-refractivity contribution in [3.05, 3.63) is 34.9 Å². The topological polar surface area (TPSA) is 58.6 Å². The summed E-state index contributed by atoms with van der Waals surface area (Å²) in [6.45, 7) is 11.9. The lowest BCUT2D eigenvalue weighted by atomic mass is 10.0. The quantitative estimate of drug-likeness (QED) is 0.697. The van der Waals surface area contributed by atoms with E-state index in [2.05, 4.69) is 55.9 Å². The molecule has 5 nitrogen and oxygen atoms in total. The molecule has 0 aliphatic rings. The van der Waals surface area contributed by atoms with Gasteiger partial charge in [0, 0.05) is 13.1 Å². The Morgan fingerprint density at radius 2 is 1.84 bits per heavy atom. The van der Waals surface area contributed by atoms with E-state index >= 15 is 0 Å². The molecule has 1 unspecified atom stereocenters. The van der Waals surface area contributed by atoms with Crippen LogP contribution in [0.1, 0.15) is 49.9 Å². The van der Waals surface area contributed by atoms with E-state index in [-0.39, 0.29) is 24.5 Å². The number of carbonyl (C=O) groups is 2. The fourth-order valence-corrected chi connectivity index (χ4v) is 2.71. The first-order valence-corrected chi connectivity index (χ1v) is 8.88. The van der Waals surface area contributed by atoms with Gasteiger partial charge in [-0.15, -0.1) is 0 Å². The molecule has 1 rings (SSSR count). The second-order valence-electron chi connectivity index (χ2n) is 7.09. The number of ether oxygens (including phenoxy) is 1. The molecule has 5 heteroatoms. The fraction of sp³-hybridized carbons (Fsp3) is 0.600. The highest BCUT2D eigenvalue weighted by Crippen LogP contribution is 2.16. The van der Waals surface area contributed by atoms with E-state index in [1.807, 2.05) is 11.8 Å². The number of benzene rings is 1. The van der Waals surface area contributed by atoms with Crippen LogP contribution in [0.4, 0.5) is 0 Å². The molecular weight excluding hydrogens is 316 g/mol. The molecular formula is C20H32N2O3. The zero-order chi connectivity index (χ0) is 19.0. The molecule has 140 valence electrons. The van der Waals surface area contributed by atoms with Crippen LogP contribution in [0.3, 0.4) is 0 Å². The molecule has 1 amide bonds. The van der Waals surface area contributed by atoms with E-state index in [0.29, 0.717) is 18.9 Å². The number of nitrogens with zero attached hydrogens (tertiary/aromatic N) is 1. The van der Waals surface area contributed by atoms with E-state index < -0.39 is 0 Å². The first-order chi connectivity index (χ1) is 11.7. The standard InChI is InChI=1S/C20H32N2O3/c1-14(2)12-22(10-9-20(24)25-6)13-19(23)21-17(5)18-8-7-15(3)16(4)11-18/h7-8,11,14,17H,9-10,12-13H2,1-6H3,(H,21,23). The van der Waals surface area contributed by atoms with Gasteiger partial charge in [-0.25, -0.2) is 0 Å². The van der Waals surface area contributed by atoms with Gasteiger partial charge in [0.25, 0.3) is 0 Å². The van der Waals surface area contributed by atoms with Gasteiger partial charge in [0.1, 0.15) is 0 Å². The summed E-state index contributed by atoms with van der Waals surface area (Å²) in [7, 11) is 1.38. The molecule has 0 radical (unpaired) electrons. The van der Waals surface area contributed by atoms with Crippen LogP contribution in [0.15, 0.2) is 18.2 Å². The van der Waals surface area contributed by atoms with Crippen LogP contribution in [0.25, 0.3) is 0 Å². The second kappa shape index (κ2) is 10.2. The predicted octanol–water partition coefficient (Wildman–Crippen LogP) is 3.00. The number of hydrogen-bond donors (Lipinski definition) is 1. The Morgan fingerprint density at radius 3 is 2.40 bits per heavy atom. The second-order valence-corrected chi connectivity index (χ2v) is 7.09. The number of aryl methyl sites for hydroxylation is 2. The van der Waals surface area contributed by atoms with Crippen molar-refractivity contribution in [3.63, 3.8) is 0 Å². The molecule has 1 aromatic carbocycles. The molecule has 0 spiro atoms. The smallest absolute Gasteiger partial charge is 0.306 e. The Labute approximate surface area is 151 Å². The summed E-state index contributed by atoms with van der Waals surface area (Å²) < 4.78 is 4.69. The molecule has 0 heterocycles. The number of nitrogens with one attached hydrogen (secondary N) is 1. The largest absolute Gasteiger partial charge is 0.469 e. The van der Waals surface area contributed by atoms with Gasteiger partial charge in [-0.05, 0) is 43.4 Å². The van der Waals surface area contributed by atoms with Gasteiger partial charge >= 0.3 is 5.97 Å². The molecule has 0 fully saturated rings. The van der Waals surface area contributed by atoms with E-state index in [4.69, 9.17) is 0 Å².